The molecule has 3 heterocycles. The molecule has 0 radical (unpaired) electrons. The Labute approximate surface area is 142 Å². The highest BCUT2D eigenvalue weighted by Gasteiger charge is 2.31. The van der Waals surface area contributed by atoms with Crippen molar-refractivity contribution in [2.45, 2.75) is 31.1 Å². The second-order valence-electron chi connectivity index (χ2n) is 6.87. The van der Waals surface area contributed by atoms with Crippen molar-refractivity contribution in [3.63, 3.8) is 0 Å². The first-order chi connectivity index (χ1) is 11.8. The van der Waals surface area contributed by atoms with Crippen molar-refractivity contribution in [1.82, 2.24) is 20.4 Å². The molecule has 2 aliphatic rings. The van der Waals surface area contributed by atoms with E-state index in [9.17, 15) is 4.79 Å². The van der Waals surface area contributed by atoms with Crippen molar-refractivity contribution in [3.8, 4) is 0 Å². The Morgan fingerprint density at radius 3 is 2.67 bits per heavy atom. The molecule has 0 aliphatic carbocycles. The molecule has 1 unspecified atom stereocenters. The maximum absolute atomic E-state index is 13.0. The van der Waals surface area contributed by atoms with Crippen LogP contribution in [0.4, 0.5) is 0 Å². The lowest BCUT2D eigenvalue weighted by atomic mass is 9.92. The molecule has 2 N–H and O–H groups in total. The van der Waals surface area contributed by atoms with E-state index >= 15 is 0 Å². The third kappa shape index (κ3) is 2.96. The second kappa shape index (κ2) is 6.77. The van der Waals surface area contributed by atoms with E-state index in [0.717, 1.165) is 56.7 Å². The van der Waals surface area contributed by atoms with Gasteiger partial charge in [-0.2, -0.15) is 5.10 Å². The predicted molar refractivity (Wildman–Crippen MR) is 93.1 cm³/mol. The van der Waals surface area contributed by atoms with Crippen molar-refractivity contribution >= 4 is 5.91 Å². The van der Waals surface area contributed by atoms with E-state index in [4.69, 9.17) is 0 Å². The van der Waals surface area contributed by atoms with Crippen LogP contribution in [0.2, 0.25) is 0 Å². The van der Waals surface area contributed by atoms with Gasteiger partial charge in [-0.1, -0.05) is 30.3 Å². The van der Waals surface area contributed by atoms with Crippen LogP contribution in [0, 0.1) is 0 Å². The van der Waals surface area contributed by atoms with E-state index in [1.165, 1.54) is 5.56 Å². The number of aromatic amines is 1. The average molecular weight is 324 g/mol. The largest absolute Gasteiger partial charge is 0.338 e. The van der Waals surface area contributed by atoms with Crippen molar-refractivity contribution in [1.29, 1.82) is 0 Å². The number of carbonyl (C=O) groups is 1. The standard InChI is InChI=1S/C19H24N4O/c24-19(17-12-21-22-18(17)15-6-9-20-10-7-15)23-11-8-16(13-23)14-4-2-1-3-5-14/h1-5,12,15-16,20H,6-11,13H2,(H,21,22). The molecule has 2 saturated heterocycles. The molecular formula is C19H24N4O. The minimum absolute atomic E-state index is 0.135. The number of hydrogen-bond donors (Lipinski definition) is 2. The zero-order valence-corrected chi connectivity index (χ0v) is 13.9. The number of carbonyl (C=O) groups excluding carboxylic acids is 1. The summed E-state index contributed by atoms with van der Waals surface area (Å²) in [6.45, 7) is 3.66. The second-order valence-corrected chi connectivity index (χ2v) is 6.87. The number of nitrogens with zero attached hydrogens (tertiary/aromatic N) is 2. The molecule has 2 fully saturated rings. The first kappa shape index (κ1) is 15.4. The summed E-state index contributed by atoms with van der Waals surface area (Å²) < 4.78 is 0. The number of nitrogens with one attached hydrogen (secondary N) is 2. The fourth-order valence-electron chi connectivity index (χ4n) is 4.00. The van der Waals surface area contributed by atoms with Crippen LogP contribution in [0.1, 0.15) is 52.7 Å². The van der Waals surface area contributed by atoms with Gasteiger partial charge in [0.25, 0.3) is 5.91 Å². The fourth-order valence-corrected chi connectivity index (χ4v) is 4.00. The number of aromatic nitrogens is 2. The lowest BCUT2D eigenvalue weighted by molar-refractivity contribution is 0.0789. The predicted octanol–water partition coefficient (Wildman–Crippen LogP) is 2.51. The maximum Gasteiger partial charge on any atom is 0.257 e. The van der Waals surface area contributed by atoms with E-state index in [0.29, 0.717) is 11.8 Å². The summed E-state index contributed by atoms with van der Waals surface area (Å²) >= 11 is 0. The Morgan fingerprint density at radius 2 is 1.88 bits per heavy atom. The molecule has 1 atom stereocenters. The Balaban J connectivity index is 1.48. The third-order valence-electron chi connectivity index (χ3n) is 5.39. The molecule has 2 aliphatic heterocycles. The Morgan fingerprint density at radius 1 is 1.08 bits per heavy atom. The SMILES string of the molecule is O=C(c1cn[nH]c1C1CCNCC1)N1CCC(c2ccccc2)C1. The molecule has 1 amide bonds. The minimum Gasteiger partial charge on any atom is -0.338 e. The Hall–Kier alpha value is -2.14. The van der Waals surface area contributed by atoms with Crippen molar-refractivity contribution < 1.29 is 4.79 Å². The van der Waals surface area contributed by atoms with Gasteiger partial charge in [-0.05, 0) is 37.9 Å². The number of H-pyrrole nitrogens is 1. The van der Waals surface area contributed by atoms with Crippen LogP contribution < -0.4 is 5.32 Å². The van der Waals surface area contributed by atoms with E-state index in [2.05, 4.69) is 39.8 Å². The maximum atomic E-state index is 13.0. The van der Waals surface area contributed by atoms with E-state index < -0.39 is 0 Å². The zero-order valence-electron chi connectivity index (χ0n) is 13.9. The van der Waals surface area contributed by atoms with E-state index in [1.807, 2.05) is 11.0 Å². The molecule has 1 aromatic heterocycles. The summed E-state index contributed by atoms with van der Waals surface area (Å²) in [5.74, 6) is 1.00. The van der Waals surface area contributed by atoms with Crippen LogP contribution in [-0.4, -0.2) is 47.2 Å². The topological polar surface area (TPSA) is 61.0 Å². The zero-order chi connectivity index (χ0) is 16.4. The summed E-state index contributed by atoms with van der Waals surface area (Å²) in [5.41, 5.74) is 3.14. The number of hydrogen-bond acceptors (Lipinski definition) is 3. The highest BCUT2D eigenvalue weighted by atomic mass is 16.2. The molecule has 5 heteroatoms. The van der Waals surface area contributed by atoms with E-state index in [-0.39, 0.29) is 5.91 Å². The number of rotatable bonds is 3. The lowest BCUT2D eigenvalue weighted by Gasteiger charge is -2.23. The summed E-state index contributed by atoms with van der Waals surface area (Å²) in [6, 6.07) is 10.5. The summed E-state index contributed by atoms with van der Waals surface area (Å²) in [6.07, 6.45) is 4.88. The van der Waals surface area contributed by atoms with Crippen molar-refractivity contribution in [2.75, 3.05) is 26.2 Å². The normalized spacial score (nSPS) is 22.0. The van der Waals surface area contributed by atoms with Crippen LogP contribution in [0.25, 0.3) is 0 Å². The van der Waals surface area contributed by atoms with Gasteiger partial charge in [0.2, 0.25) is 0 Å². The van der Waals surface area contributed by atoms with Gasteiger partial charge < -0.3 is 10.2 Å². The average Bonchev–Trinajstić information content (AvgIpc) is 3.32. The highest BCUT2D eigenvalue weighted by Crippen LogP contribution is 2.31. The molecule has 5 nitrogen and oxygen atoms in total. The first-order valence-corrected chi connectivity index (χ1v) is 8.91. The van der Waals surface area contributed by atoms with Crippen LogP contribution in [0.5, 0.6) is 0 Å². The number of benzene rings is 1. The fraction of sp³-hybridized carbons (Fsp3) is 0.474. The number of piperidine rings is 1. The quantitative estimate of drug-likeness (QED) is 0.912. The molecule has 2 aromatic rings. The van der Waals surface area contributed by atoms with Gasteiger partial charge in [0.15, 0.2) is 0 Å². The van der Waals surface area contributed by atoms with Crippen LogP contribution in [-0.2, 0) is 0 Å². The van der Waals surface area contributed by atoms with Gasteiger partial charge in [-0.3, -0.25) is 9.89 Å². The van der Waals surface area contributed by atoms with E-state index in [1.54, 1.807) is 6.20 Å². The van der Waals surface area contributed by atoms with Crippen molar-refractivity contribution in [3.05, 3.63) is 53.3 Å². The van der Waals surface area contributed by atoms with Gasteiger partial charge in [0.05, 0.1) is 17.5 Å². The number of amides is 1. The van der Waals surface area contributed by atoms with Gasteiger partial charge in [0.1, 0.15) is 0 Å². The minimum atomic E-state index is 0.135. The summed E-state index contributed by atoms with van der Waals surface area (Å²) in [5, 5.41) is 10.6. The van der Waals surface area contributed by atoms with Crippen LogP contribution in [0.15, 0.2) is 36.5 Å². The van der Waals surface area contributed by atoms with Gasteiger partial charge in [-0.25, -0.2) is 0 Å². The first-order valence-electron chi connectivity index (χ1n) is 8.91. The lowest BCUT2D eigenvalue weighted by Crippen LogP contribution is -2.31. The van der Waals surface area contributed by atoms with Crippen molar-refractivity contribution in [2.24, 2.45) is 0 Å². The molecule has 24 heavy (non-hydrogen) atoms. The molecule has 4 rings (SSSR count). The van der Waals surface area contributed by atoms with Gasteiger partial charge >= 0.3 is 0 Å². The molecule has 0 spiro atoms. The third-order valence-corrected chi connectivity index (χ3v) is 5.39. The molecule has 0 saturated carbocycles. The van der Waals surface area contributed by atoms with Crippen LogP contribution >= 0.6 is 0 Å². The summed E-state index contributed by atoms with van der Waals surface area (Å²) in [4.78, 5) is 15.0. The Kier molecular flexibility index (Phi) is 4.34. The molecule has 1 aromatic carbocycles. The molecular weight excluding hydrogens is 300 g/mol. The van der Waals surface area contributed by atoms with Gasteiger partial charge in [-0.15, -0.1) is 0 Å². The molecule has 0 bridgehead atoms. The highest BCUT2D eigenvalue weighted by molar-refractivity contribution is 5.95. The Bertz CT molecular complexity index is 690. The summed E-state index contributed by atoms with van der Waals surface area (Å²) in [7, 11) is 0. The van der Waals surface area contributed by atoms with Gasteiger partial charge in [0, 0.05) is 24.9 Å². The van der Waals surface area contributed by atoms with Crippen LogP contribution in [0.3, 0.4) is 0 Å². The number of likely N-dealkylation sites (tertiary alicyclic amines) is 1. The molecule has 126 valence electrons. The monoisotopic (exact) mass is 324 g/mol. The smallest absolute Gasteiger partial charge is 0.257 e.